The minimum Gasteiger partial charge on any atom is -0.343 e. The smallest absolute Gasteiger partial charge is 0.343 e. The second kappa shape index (κ2) is 9.86. The summed E-state index contributed by atoms with van der Waals surface area (Å²) < 4.78 is 42.2. The van der Waals surface area contributed by atoms with Crippen LogP contribution in [0.5, 0.6) is 0 Å². The van der Waals surface area contributed by atoms with Gasteiger partial charge in [-0.1, -0.05) is 23.4 Å². The molecule has 2 amide bonds. The molecule has 2 N–H and O–H groups in total. The topological polar surface area (TPSA) is 97.1 Å². The third-order valence-corrected chi connectivity index (χ3v) is 5.31. The number of alkyl halides is 3. The number of aromatic nitrogens is 2. The van der Waals surface area contributed by atoms with E-state index >= 15 is 0 Å². The molecule has 3 aromatic rings. The Bertz CT molecular complexity index is 1130. The third-order valence-electron chi connectivity index (χ3n) is 4.25. The zero-order valence-electron chi connectivity index (χ0n) is 17.1. The van der Waals surface area contributed by atoms with Gasteiger partial charge >= 0.3 is 6.18 Å². The highest BCUT2D eigenvalue weighted by Crippen LogP contribution is 2.27. The summed E-state index contributed by atoms with van der Waals surface area (Å²) in [6, 6.07) is 11.2. The van der Waals surface area contributed by atoms with Gasteiger partial charge in [0.15, 0.2) is 5.82 Å². The zero-order chi connectivity index (χ0) is 23.3. The Morgan fingerprint density at radius 2 is 1.84 bits per heavy atom. The predicted octanol–water partition coefficient (Wildman–Crippen LogP) is 4.52. The van der Waals surface area contributed by atoms with Crippen LogP contribution >= 0.6 is 11.8 Å². The van der Waals surface area contributed by atoms with E-state index in [2.05, 4.69) is 15.5 Å². The van der Waals surface area contributed by atoms with Gasteiger partial charge in [-0.25, -0.2) is 0 Å². The van der Waals surface area contributed by atoms with E-state index < -0.39 is 24.5 Å². The number of nitrogens with zero attached hydrogens (tertiary/aromatic N) is 2. The van der Waals surface area contributed by atoms with Crippen molar-refractivity contribution in [2.75, 3.05) is 11.9 Å². The number of aryl methyl sites for hydroxylation is 2. The SMILES string of the molecule is Cc1noc(CSc2ccccc2C(=O)Nc2cc(C(=O)NCC(F)(F)F)ccc2C)n1. The molecule has 1 aromatic heterocycles. The second-order valence-corrected chi connectivity index (χ2v) is 7.82. The molecular weight excluding hydrogens is 445 g/mol. The summed E-state index contributed by atoms with van der Waals surface area (Å²) in [4.78, 5) is 29.8. The van der Waals surface area contributed by atoms with Crippen molar-refractivity contribution < 1.29 is 27.3 Å². The first-order valence-electron chi connectivity index (χ1n) is 9.40. The average molecular weight is 464 g/mol. The van der Waals surface area contributed by atoms with Gasteiger partial charge in [0.2, 0.25) is 5.89 Å². The van der Waals surface area contributed by atoms with Crippen molar-refractivity contribution in [3.63, 3.8) is 0 Å². The van der Waals surface area contributed by atoms with Crippen molar-refractivity contribution in [2.45, 2.75) is 30.7 Å². The van der Waals surface area contributed by atoms with Crippen LogP contribution in [0.1, 0.15) is 38.0 Å². The first-order valence-corrected chi connectivity index (χ1v) is 10.4. The fraction of sp³-hybridized carbons (Fsp3) is 0.238. The number of nitrogens with one attached hydrogen (secondary N) is 2. The van der Waals surface area contributed by atoms with E-state index in [-0.39, 0.29) is 5.56 Å². The third kappa shape index (κ3) is 6.33. The highest BCUT2D eigenvalue weighted by Gasteiger charge is 2.28. The maximum Gasteiger partial charge on any atom is 0.405 e. The summed E-state index contributed by atoms with van der Waals surface area (Å²) in [6.07, 6.45) is -4.52. The number of thioether (sulfide) groups is 1. The Kier molecular flexibility index (Phi) is 7.18. The molecule has 0 fully saturated rings. The van der Waals surface area contributed by atoms with Crippen LogP contribution < -0.4 is 10.6 Å². The molecule has 11 heteroatoms. The molecule has 7 nitrogen and oxygen atoms in total. The minimum absolute atomic E-state index is 0.00423. The van der Waals surface area contributed by atoms with E-state index in [0.717, 1.165) is 0 Å². The molecule has 0 atom stereocenters. The molecule has 3 rings (SSSR count). The molecule has 0 spiro atoms. The second-order valence-electron chi connectivity index (χ2n) is 6.80. The molecule has 2 aromatic carbocycles. The lowest BCUT2D eigenvalue weighted by atomic mass is 10.1. The van der Waals surface area contributed by atoms with Gasteiger partial charge in [-0.05, 0) is 43.7 Å². The quantitative estimate of drug-likeness (QED) is 0.499. The van der Waals surface area contributed by atoms with Crippen molar-refractivity contribution in [1.82, 2.24) is 15.5 Å². The van der Waals surface area contributed by atoms with Crippen molar-refractivity contribution in [3.8, 4) is 0 Å². The molecule has 32 heavy (non-hydrogen) atoms. The minimum atomic E-state index is -4.52. The molecule has 168 valence electrons. The van der Waals surface area contributed by atoms with Gasteiger partial charge in [0.1, 0.15) is 6.54 Å². The highest BCUT2D eigenvalue weighted by atomic mass is 32.2. The van der Waals surface area contributed by atoms with E-state index in [1.54, 1.807) is 44.2 Å². The van der Waals surface area contributed by atoms with E-state index in [1.165, 1.54) is 23.9 Å². The molecule has 0 aliphatic heterocycles. The summed E-state index contributed by atoms with van der Waals surface area (Å²) in [5.41, 5.74) is 1.36. The molecular formula is C21H19F3N4O3S. The number of anilines is 1. The van der Waals surface area contributed by atoms with Crippen molar-refractivity contribution >= 4 is 29.3 Å². The Labute approximate surface area is 185 Å². The highest BCUT2D eigenvalue weighted by molar-refractivity contribution is 7.98. The zero-order valence-corrected chi connectivity index (χ0v) is 17.9. The lowest BCUT2D eigenvalue weighted by molar-refractivity contribution is -0.123. The van der Waals surface area contributed by atoms with Crippen LogP contribution in [-0.2, 0) is 5.75 Å². The molecule has 0 aliphatic carbocycles. The van der Waals surface area contributed by atoms with Crippen LogP contribution in [0.2, 0.25) is 0 Å². The van der Waals surface area contributed by atoms with E-state index in [1.807, 2.05) is 5.32 Å². The summed E-state index contributed by atoms with van der Waals surface area (Å²) >= 11 is 1.35. The van der Waals surface area contributed by atoms with Gasteiger partial charge < -0.3 is 15.2 Å². The number of amides is 2. The Balaban J connectivity index is 1.73. The van der Waals surface area contributed by atoms with Gasteiger partial charge in [-0.3, -0.25) is 9.59 Å². The van der Waals surface area contributed by atoms with E-state index in [4.69, 9.17) is 4.52 Å². The Morgan fingerprint density at radius 3 is 2.53 bits per heavy atom. The van der Waals surface area contributed by atoms with Crippen molar-refractivity contribution in [2.24, 2.45) is 0 Å². The largest absolute Gasteiger partial charge is 0.405 e. The Hall–Kier alpha value is -3.34. The fourth-order valence-corrected chi connectivity index (χ4v) is 3.58. The van der Waals surface area contributed by atoms with Gasteiger partial charge in [0.05, 0.1) is 11.3 Å². The maximum absolute atomic E-state index is 12.9. The van der Waals surface area contributed by atoms with Crippen molar-refractivity contribution in [3.05, 3.63) is 70.9 Å². The summed E-state index contributed by atoms with van der Waals surface area (Å²) in [7, 11) is 0. The first kappa shape index (κ1) is 23.3. The van der Waals surface area contributed by atoms with Gasteiger partial charge in [0.25, 0.3) is 11.8 Å². The van der Waals surface area contributed by atoms with E-state index in [0.29, 0.717) is 39.2 Å². The molecule has 0 aliphatic rings. The standard InChI is InChI=1S/C21H19F3N4O3S/c1-12-7-8-14(19(29)25-11-21(22,23)24)9-16(12)27-20(30)15-5-3-4-6-17(15)32-10-18-26-13(2)28-31-18/h3-9H,10-11H2,1-2H3,(H,25,29)(H,27,30). The van der Waals surface area contributed by atoms with Crippen LogP contribution in [0.15, 0.2) is 51.9 Å². The monoisotopic (exact) mass is 464 g/mol. The molecule has 0 unspecified atom stereocenters. The number of carbonyl (C=O) groups excluding carboxylic acids is 2. The maximum atomic E-state index is 12.9. The normalized spacial score (nSPS) is 11.3. The Morgan fingerprint density at radius 1 is 1.09 bits per heavy atom. The van der Waals surface area contributed by atoms with Crippen LogP contribution in [0.25, 0.3) is 0 Å². The molecule has 0 saturated carbocycles. The molecule has 0 bridgehead atoms. The number of benzene rings is 2. The van der Waals surface area contributed by atoms with Crippen LogP contribution in [-0.4, -0.2) is 34.7 Å². The number of hydrogen-bond donors (Lipinski definition) is 2. The first-order chi connectivity index (χ1) is 15.1. The summed E-state index contributed by atoms with van der Waals surface area (Å²) in [6.45, 7) is 1.98. The fourth-order valence-electron chi connectivity index (χ4n) is 2.69. The van der Waals surface area contributed by atoms with Crippen molar-refractivity contribution in [1.29, 1.82) is 0 Å². The molecule has 0 saturated heterocycles. The summed E-state index contributed by atoms with van der Waals surface area (Å²) in [5.74, 6) is 0.00530. The molecule has 1 heterocycles. The number of hydrogen-bond acceptors (Lipinski definition) is 6. The number of rotatable bonds is 7. The van der Waals surface area contributed by atoms with Crippen LogP contribution in [0.3, 0.4) is 0 Å². The average Bonchev–Trinajstić information content (AvgIpc) is 3.17. The van der Waals surface area contributed by atoms with Gasteiger partial charge in [-0.15, -0.1) is 11.8 Å². The molecule has 0 radical (unpaired) electrons. The van der Waals surface area contributed by atoms with Crippen LogP contribution in [0, 0.1) is 13.8 Å². The lowest BCUT2D eigenvalue weighted by Crippen LogP contribution is -2.33. The number of carbonyl (C=O) groups is 2. The van der Waals surface area contributed by atoms with Gasteiger partial charge in [-0.2, -0.15) is 18.2 Å². The lowest BCUT2D eigenvalue weighted by Gasteiger charge is -2.13. The summed E-state index contributed by atoms with van der Waals surface area (Å²) in [5, 5.41) is 8.27. The van der Waals surface area contributed by atoms with E-state index in [9.17, 15) is 22.8 Å². The number of halogens is 3. The van der Waals surface area contributed by atoms with Crippen LogP contribution in [0.4, 0.5) is 18.9 Å². The van der Waals surface area contributed by atoms with Gasteiger partial charge in [0, 0.05) is 16.1 Å². The predicted molar refractivity (Wildman–Crippen MR) is 113 cm³/mol.